The summed E-state index contributed by atoms with van der Waals surface area (Å²) < 4.78 is 2.54. The zero-order chi connectivity index (χ0) is 10.1. The Kier molecular flexibility index (Phi) is 2.58. The van der Waals surface area contributed by atoms with Crippen molar-refractivity contribution in [3.8, 4) is 10.6 Å². The number of hydrogen-bond donors (Lipinski definition) is 1. The highest BCUT2D eigenvalue weighted by Gasteiger charge is 2.10. The standard InChI is InChI=1S/C9H10ClN3S/c1-13-5-6(4-11)9(12-13)7-2-3-8(10)14-7/h2-3,5H,4,11H2,1H3. The molecular weight excluding hydrogens is 218 g/mol. The zero-order valence-electron chi connectivity index (χ0n) is 7.70. The minimum Gasteiger partial charge on any atom is -0.326 e. The van der Waals surface area contributed by atoms with Crippen LogP contribution in [0.1, 0.15) is 5.56 Å². The number of rotatable bonds is 2. The second kappa shape index (κ2) is 3.73. The maximum atomic E-state index is 5.87. The molecule has 0 fully saturated rings. The van der Waals surface area contributed by atoms with Crippen LogP contribution in [-0.2, 0) is 13.6 Å². The molecule has 2 aromatic heterocycles. The summed E-state index contributed by atoms with van der Waals surface area (Å²) in [6.07, 6.45) is 1.93. The smallest absolute Gasteiger partial charge is 0.107 e. The molecule has 3 nitrogen and oxygen atoms in total. The highest BCUT2D eigenvalue weighted by Crippen LogP contribution is 2.31. The Morgan fingerprint density at radius 3 is 2.93 bits per heavy atom. The summed E-state index contributed by atoms with van der Waals surface area (Å²) in [6, 6.07) is 3.84. The van der Waals surface area contributed by atoms with E-state index >= 15 is 0 Å². The Morgan fingerprint density at radius 2 is 2.36 bits per heavy atom. The lowest BCUT2D eigenvalue weighted by Gasteiger charge is -1.93. The lowest BCUT2D eigenvalue weighted by molar-refractivity contribution is 0.770. The van der Waals surface area contributed by atoms with Crippen LogP contribution in [0, 0.1) is 0 Å². The molecule has 0 saturated heterocycles. The Balaban J connectivity index is 2.49. The maximum Gasteiger partial charge on any atom is 0.107 e. The summed E-state index contributed by atoms with van der Waals surface area (Å²) in [6.45, 7) is 0.499. The van der Waals surface area contributed by atoms with Gasteiger partial charge in [-0.15, -0.1) is 11.3 Å². The van der Waals surface area contributed by atoms with E-state index in [9.17, 15) is 0 Å². The van der Waals surface area contributed by atoms with E-state index in [4.69, 9.17) is 17.3 Å². The molecule has 2 N–H and O–H groups in total. The van der Waals surface area contributed by atoms with Crippen LogP contribution >= 0.6 is 22.9 Å². The Morgan fingerprint density at radius 1 is 1.57 bits per heavy atom. The predicted molar refractivity (Wildman–Crippen MR) is 59.4 cm³/mol. The van der Waals surface area contributed by atoms with Crippen molar-refractivity contribution in [2.24, 2.45) is 12.8 Å². The number of halogens is 1. The van der Waals surface area contributed by atoms with E-state index in [2.05, 4.69) is 5.10 Å². The first-order chi connectivity index (χ1) is 6.70. The van der Waals surface area contributed by atoms with Crippen LogP contribution < -0.4 is 5.73 Å². The largest absolute Gasteiger partial charge is 0.326 e. The molecule has 74 valence electrons. The molecule has 0 radical (unpaired) electrons. The van der Waals surface area contributed by atoms with E-state index < -0.39 is 0 Å². The van der Waals surface area contributed by atoms with Crippen molar-refractivity contribution < 1.29 is 0 Å². The van der Waals surface area contributed by atoms with E-state index in [-0.39, 0.29) is 0 Å². The monoisotopic (exact) mass is 227 g/mol. The van der Waals surface area contributed by atoms with Gasteiger partial charge in [0.2, 0.25) is 0 Å². The normalized spacial score (nSPS) is 10.8. The first kappa shape index (κ1) is 9.71. The maximum absolute atomic E-state index is 5.87. The van der Waals surface area contributed by atoms with Crippen LogP contribution in [0.3, 0.4) is 0 Å². The van der Waals surface area contributed by atoms with Crippen molar-refractivity contribution in [1.29, 1.82) is 0 Å². The van der Waals surface area contributed by atoms with Crippen molar-refractivity contribution >= 4 is 22.9 Å². The summed E-state index contributed by atoms with van der Waals surface area (Å²) in [5, 5.41) is 4.35. The molecule has 0 bridgehead atoms. The van der Waals surface area contributed by atoms with Gasteiger partial charge in [0.15, 0.2) is 0 Å². The Bertz CT molecular complexity index is 447. The number of thiophene rings is 1. The van der Waals surface area contributed by atoms with Gasteiger partial charge in [-0.05, 0) is 12.1 Å². The van der Waals surface area contributed by atoms with Gasteiger partial charge in [0.1, 0.15) is 5.69 Å². The third-order valence-electron chi connectivity index (χ3n) is 1.93. The van der Waals surface area contributed by atoms with Gasteiger partial charge in [-0.25, -0.2) is 0 Å². The van der Waals surface area contributed by atoms with E-state index in [0.29, 0.717) is 6.54 Å². The fourth-order valence-electron chi connectivity index (χ4n) is 1.34. The first-order valence-corrected chi connectivity index (χ1v) is 5.38. The molecule has 0 aliphatic rings. The molecule has 0 spiro atoms. The summed E-state index contributed by atoms with van der Waals surface area (Å²) in [7, 11) is 1.89. The summed E-state index contributed by atoms with van der Waals surface area (Å²) in [5.74, 6) is 0. The second-order valence-electron chi connectivity index (χ2n) is 2.98. The average Bonchev–Trinajstić information content (AvgIpc) is 2.71. The van der Waals surface area contributed by atoms with Gasteiger partial charge < -0.3 is 5.73 Å². The second-order valence-corrected chi connectivity index (χ2v) is 4.70. The van der Waals surface area contributed by atoms with E-state index in [0.717, 1.165) is 20.5 Å². The van der Waals surface area contributed by atoms with Crippen molar-refractivity contribution in [3.63, 3.8) is 0 Å². The molecule has 0 saturated carbocycles. The number of hydrogen-bond acceptors (Lipinski definition) is 3. The molecule has 0 aromatic carbocycles. The fraction of sp³-hybridized carbons (Fsp3) is 0.222. The van der Waals surface area contributed by atoms with Gasteiger partial charge in [0, 0.05) is 25.4 Å². The minimum absolute atomic E-state index is 0.499. The van der Waals surface area contributed by atoms with Crippen LogP contribution in [0.15, 0.2) is 18.3 Å². The first-order valence-electron chi connectivity index (χ1n) is 4.19. The molecule has 14 heavy (non-hydrogen) atoms. The van der Waals surface area contributed by atoms with Gasteiger partial charge in [0.25, 0.3) is 0 Å². The van der Waals surface area contributed by atoms with Crippen LogP contribution in [0.25, 0.3) is 10.6 Å². The highest BCUT2D eigenvalue weighted by molar-refractivity contribution is 7.19. The SMILES string of the molecule is Cn1cc(CN)c(-c2ccc(Cl)s2)n1. The van der Waals surface area contributed by atoms with E-state index in [1.165, 1.54) is 11.3 Å². The van der Waals surface area contributed by atoms with Gasteiger partial charge in [0.05, 0.1) is 9.21 Å². The van der Waals surface area contributed by atoms with Gasteiger partial charge >= 0.3 is 0 Å². The van der Waals surface area contributed by atoms with Crippen molar-refractivity contribution in [1.82, 2.24) is 9.78 Å². The van der Waals surface area contributed by atoms with Crippen molar-refractivity contribution in [2.75, 3.05) is 0 Å². The van der Waals surface area contributed by atoms with Crippen LogP contribution in [0.5, 0.6) is 0 Å². The molecular formula is C9H10ClN3S. The summed E-state index contributed by atoms with van der Waals surface area (Å²) in [4.78, 5) is 1.07. The number of nitrogens with zero attached hydrogens (tertiary/aromatic N) is 2. The quantitative estimate of drug-likeness (QED) is 0.856. The molecule has 0 aliphatic carbocycles. The lowest BCUT2D eigenvalue weighted by atomic mass is 10.2. The van der Waals surface area contributed by atoms with Gasteiger partial charge in [-0.3, -0.25) is 4.68 Å². The van der Waals surface area contributed by atoms with E-state index in [1.807, 2.05) is 25.4 Å². The van der Waals surface area contributed by atoms with Gasteiger partial charge in [-0.2, -0.15) is 5.10 Å². The van der Waals surface area contributed by atoms with Crippen LogP contribution in [0.4, 0.5) is 0 Å². The zero-order valence-corrected chi connectivity index (χ0v) is 9.27. The van der Waals surface area contributed by atoms with Crippen molar-refractivity contribution in [3.05, 3.63) is 28.2 Å². The van der Waals surface area contributed by atoms with Crippen LogP contribution in [0.2, 0.25) is 4.34 Å². The molecule has 0 atom stereocenters. The number of aryl methyl sites for hydroxylation is 1. The fourth-order valence-corrected chi connectivity index (χ4v) is 2.40. The van der Waals surface area contributed by atoms with Crippen molar-refractivity contribution in [2.45, 2.75) is 6.54 Å². The third-order valence-corrected chi connectivity index (χ3v) is 3.17. The lowest BCUT2D eigenvalue weighted by Crippen LogP contribution is -1.95. The Hall–Kier alpha value is -0.840. The molecule has 2 rings (SSSR count). The Labute approximate surface area is 91.1 Å². The van der Waals surface area contributed by atoms with Gasteiger partial charge in [-0.1, -0.05) is 11.6 Å². The predicted octanol–water partition coefficient (Wildman–Crippen LogP) is 2.26. The molecule has 0 aliphatic heterocycles. The highest BCUT2D eigenvalue weighted by atomic mass is 35.5. The molecule has 2 heterocycles. The van der Waals surface area contributed by atoms with Crippen LogP contribution in [-0.4, -0.2) is 9.78 Å². The third kappa shape index (κ3) is 1.68. The summed E-state index contributed by atoms with van der Waals surface area (Å²) >= 11 is 7.38. The molecule has 5 heteroatoms. The molecule has 2 aromatic rings. The molecule has 0 amide bonds. The number of nitrogens with two attached hydrogens (primary N) is 1. The topological polar surface area (TPSA) is 43.8 Å². The average molecular weight is 228 g/mol. The summed E-state index contributed by atoms with van der Waals surface area (Å²) in [5.41, 5.74) is 7.61. The molecule has 0 unspecified atom stereocenters. The van der Waals surface area contributed by atoms with E-state index in [1.54, 1.807) is 4.68 Å². The minimum atomic E-state index is 0.499. The number of aromatic nitrogens is 2.